The number of phenolic OH excluding ortho intramolecular Hbond substituents is 1. The number of non-ortho nitro benzene ring substituents is 1. The number of hydrogen-bond donors (Lipinski definition) is 1. The molecule has 0 amide bonds. The van der Waals surface area contributed by atoms with Gasteiger partial charge in [0, 0.05) is 17.5 Å². The van der Waals surface area contributed by atoms with E-state index in [2.05, 4.69) is 4.98 Å². The normalized spacial score (nSPS) is 11.2. The molecule has 5 heteroatoms. The van der Waals surface area contributed by atoms with Crippen molar-refractivity contribution in [2.45, 2.75) is 13.8 Å². The van der Waals surface area contributed by atoms with Crippen LogP contribution in [0.3, 0.4) is 0 Å². The van der Waals surface area contributed by atoms with Gasteiger partial charge in [-0.1, -0.05) is 12.1 Å². The average Bonchev–Trinajstić information content (AvgIpc) is 2.57. The fraction of sp³-hybridized carbons (Fsp3) is 0.105. The van der Waals surface area contributed by atoms with Gasteiger partial charge in [-0.15, -0.1) is 0 Å². The van der Waals surface area contributed by atoms with Crippen LogP contribution in [0.4, 0.5) is 5.69 Å². The van der Waals surface area contributed by atoms with Crippen LogP contribution in [0.2, 0.25) is 0 Å². The van der Waals surface area contributed by atoms with Crippen LogP contribution in [-0.2, 0) is 0 Å². The summed E-state index contributed by atoms with van der Waals surface area (Å²) in [6.07, 6.45) is 3.81. The standard InChI is InChI=1S/C19H16N2O3/c1-12-9-14(10-13(2)19(12)22)3-5-16-6-4-15-11-17(21(23)24)7-8-18(15)20-16/h3-11,22H,1-2H3/b5-3+. The number of aromatic hydroxyl groups is 1. The van der Waals surface area contributed by atoms with E-state index in [1.165, 1.54) is 12.1 Å². The summed E-state index contributed by atoms with van der Waals surface area (Å²) in [5.74, 6) is 0.317. The first kappa shape index (κ1) is 15.7. The third-order valence-corrected chi connectivity index (χ3v) is 3.87. The molecule has 5 nitrogen and oxygen atoms in total. The predicted octanol–water partition coefficient (Wildman–Crippen LogP) is 4.64. The van der Waals surface area contributed by atoms with Crippen LogP contribution in [0.1, 0.15) is 22.4 Å². The maximum absolute atomic E-state index is 10.8. The molecule has 0 atom stereocenters. The van der Waals surface area contributed by atoms with E-state index in [-0.39, 0.29) is 5.69 Å². The maximum atomic E-state index is 10.8. The van der Waals surface area contributed by atoms with Crippen molar-refractivity contribution in [1.82, 2.24) is 4.98 Å². The lowest BCUT2D eigenvalue weighted by atomic mass is 10.1. The number of hydrogen-bond acceptors (Lipinski definition) is 4. The molecule has 3 rings (SSSR count). The number of aryl methyl sites for hydroxylation is 2. The minimum Gasteiger partial charge on any atom is -0.507 e. The lowest BCUT2D eigenvalue weighted by Crippen LogP contribution is -1.89. The highest BCUT2D eigenvalue weighted by Gasteiger charge is 2.06. The van der Waals surface area contributed by atoms with Gasteiger partial charge < -0.3 is 5.11 Å². The summed E-state index contributed by atoms with van der Waals surface area (Å²) in [6, 6.07) is 12.1. The second kappa shape index (κ2) is 6.12. The molecule has 0 radical (unpaired) electrons. The van der Waals surface area contributed by atoms with E-state index < -0.39 is 4.92 Å². The SMILES string of the molecule is Cc1cc(/C=C/c2ccc3cc([N+](=O)[O-])ccc3n2)cc(C)c1O. The van der Waals surface area contributed by atoms with Crippen LogP contribution in [0, 0.1) is 24.0 Å². The molecule has 0 spiro atoms. The Morgan fingerprint density at radius 2 is 1.75 bits per heavy atom. The van der Waals surface area contributed by atoms with Crippen molar-refractivity contribution < 1.29 is 10.0 Å². The van der Waals surface area contributed by atoms with Crippen LogP contribution < -0.4 is 0 Å². The minimum atomic E-state index is -0.414. The van der Waals surface area contributed by atoms with Crippen LogP contribution >= 0.6 is 0 Å². The lowest BCUT2D eigenvalue weighted by molar-refractivity contribution is -0.384. The van der Waals surface area contributed by atoms with E-state index in [0.717, 1.165) is 27.8 Å². The van der Waals surface area contributed by atoms with Gasteiger partial charge in [0.2, 0.25) is 0 Å². The van der Waals surface area contributed by atoms with Crippen LogP contribution in [0.5, 0.6) is 5.75 Å². The fourth-order valence-electron chi connectivity index (χ4n) is 2.60. The lowest BCUT2D eigenvalue weighted by Gasteiger charge is -2.04. The number of aromatic nitrogens is 1. The van der Waals surface area contributed by atoms with Crippen LogP contribution in [-0.4, -0.2) is 15.0 Å². The summed E-state index contributed by atoms with van der Waals surface area (Å²) >= 11 is 0. The molecule has 0 fully saturated rings. The molecular weight excluding hydrogens is 304 g/mol. The Balaban J connectivity index is 1.92. The smallest absolute Gasteiger partial charge is 0.270 e. The summed E-state index contributed by atoms with van der Waals surface area (Å²) in [5, 5.41) is 21.4. The van der Waals surface area contributed by atoms with Gasteiger partial charge in [0.25, 0.3) is 5.69 Å². The highest BCUT2D eigenvalue weighted by atomic mass is 16.6. The van der Waals surface area contributed by atoms with Gasteiger partial charge in [-0.05, 0) is 60.9 Å². The molecule has 120 valence electrons. The molecule has 1 aromatic heterocycles. The van der Waals surface area contributed by atoms with Gasteiger partial charge in [0.15, 0.2) is 0 Å². The Bertz CT molecular complexity index is 955. The van der Waals surface area contributed by atoms with Crippen molar-refractivity contribution in [3.05, 3.63) is 75.0 Å². The molecule has 1 heterocycles. The fourth-order valence-corrected chi connectivity index (χ4v) is 2.60. The molecule has 0 unspecified atom stereocenters. The van der Waals surface area contributed by atoms with Gasteiger partial charge in [-0.3, -0.25) is 10.1 Å². The van der Waals surface area contributed by atoms with Crippen molar-refractivity contribution in [2.24, 2.45) is 0 Å². The molecule has 0 bridgehead atoms. The summed E-state index contributed by atoms with van der Waals surface area (Å²) < 4.78 is 0. The minimum absolute atomic E-state index is 0.0580. The summed E-state index contributed by atoms with van der Waals surface area (Å²) in [7, 11) is 0. The zero-order chi connectivity index (χ0) is 17.3. The molecule has 24 heavy (non-hydrogen) atoms. The Labute approximate surface area is 139 Å². The topological polar surface area (TPSA) is 76.3 Å². The molecule has 1 N–H and O–H groups in total. The summed E-state index contributed by atoms with van der Waals surface area (Å²) in [5.41, 5.74) is 4.17. The molecule has 0 saturated carbocycles. The van der Waals surface area contributed by atoms with Crippen molar-refractivity contribution >= 4 is 28.7 Å². The highest BCUT2D eigenvalue weighted by Crippen LogP contribution is 2.24. The van der Waals surface area contributed by atoms with Gasteiger partial charge in [-0.2, -0.15) is 0 Å². The van der Waals surface area contributed by atoms with Gasteiger partial charge in [0.05, 0.1) is 16.1 Å². The molecule has 3 aromatic rings. The number of benzene rings is 2. The summed E-state index contributed by atoms with van der Waals surface area (Å²) in [4.78, 5) is 14.9. The average molecular weight is 320 g/mol. The van der Waals surface area contributed by atoms with E-state index in [4.69, 9.17) is 0 Å². The number of nitrogens with zero attached hydrogens (tertiary/aromatic N) is 2. The van der Waals surface area contributed by atoms with Gasteiger partial charge in [0.1, 0.15) is 5.75 Å². The van der Waals surface area contributed by atoms with Gasteiger partial charge in [-0.25, -0.2) is 4.98 Å². The van der Waals surface area contributed by atoms with E-state index in [9.17, 15) is 15.2 Å². The number of fused-ring (bicyclic) bond motifs is 1. The van der Waals surface area contributed by atoms with E-state index in [1.807, 2.05) is 50.3 Å². The van der Waals surface area contributed by atoms with E-state index in [0.29, 0.717) is 11.3 Å². The second-order valence-electron chi connectivity index (χ2n) is 5.71. The predicted molar refractivity (Wildman–Crippen MR) is 94.9 cm³/mol. The Morgan fingerprint density at radius 1 is 1.04 bits per heavy atom. The van der Waals surface area contributed by atoms with Crippen molar-refractivity contribution in [3.8, 4) is 5.75 Å². The molecule has 0 saturated heterocycles. The van der Waals surface area contributed by atoms with Crippen molar-refractivity contribution in [2.75, 3.05) is 0 Å². The van der Waals surface area contributed by atoms with E-state index in [1.54, 1.807) is 6.07 Å². The van der Waals surface area contributed by atoms with Crippen molar-refractivity contribution in [3.63, 3.8) is 0 Å². The van der Waals surface area contributed by atoms with Crippen molar-refractivity contribution in [1.29, 1.82) is 0 Å². The largest absolute Gasteiger partial charge is 0.507 e. The molecule has 2 aromatic carbocycles. The zero-order valence-corrected chi connectivity index (χ0v) is 13.4. The Morgan fingerprint density at radius 3 is 2.42 bits per heavy atom. The monoisotopic (exact) mass is 320 g/mol. The van der Waals surface area contributed by atoms with Crippen LogP contribution in [0.25, 0.3) is 23.1 Å². The first-order valence-electron chi connectivity index (χ1n) is 7.47. The third-order valence-electron chi connectivity index (χ3n) is 3.87. The summed E-state index contributed by atoms with van der Waals surface area (Å²) in [6.45, 7) is 3.72. The zero-order valence-electron chi connectivity index (χ0n) is 13.4. The first-order chi connectivity index (χ1) is 11.4. The Hall–Kier alpha value is -3.21. The number of nitro groups is 1. The molecule has 0 aliphatic carbocycles. The Kier molecular flexibility index (Phi) is 4.00. The number of rotatable bonds is 3. The number of phenols is 1. The molecule has 0 aliphatic heterocycles. The molecule has 0 aliphatic rings. The highest BCUT2D eigenvalue weighted by molar-refractivity contribution is 5.83. The van der Waals surface area contributed by atoms with Crippen LogP contribution in [0.15, 0.2) is 42.5 Å². The third kappa shape index (κ3) is 3.10. The number of nitro benzene ring substituents is 1. The maximum Gasteiger partial charge on any atom is 0.270 e. The van der Waals surface area contributed by atoms with Gasteiger partial charge >= 0.3 is 0 Å². The quantitative estimate of drug-likeness (QED) is 0.563. The number of pyridine rings is 1. The molecular formula is C19H16N2O3. The second-order valence-corrected chi connectivity index (χ2v) is 5.71. The van der Waals surface area contributed by atoms with E-state index >= 15 is 0 Å². The first-order valence-corrected chi connectivity index (χ1v) is 7.47.